The fourth-order valence-electron chi connectivity index (χ4n) is 3.46. The Balaban J connectivity index is 1.67. The molecule has 3 aromatic carbocycles. The van der Waals surface area contributed by atoms with E-state index >= 15 is 0 Å². The summed E-state index contributed by atoms with van der Waals surface area (Å²) in [6, 6.07) is 20.3. The maximum Gasteiger partial charge on any atom is 0.450 e. The monoisotopic (exact) mass is 453 g/mol. The van der Waals surface area contributed by atoms with E-state index in [1.54, 1.807) is 93.6 Å². The van der Waals surface area contributed by atoms with Crippen LogP contribution in [0.25, 0.3) is 27.8 Å². The average Bonchev–Trinajstić information content (AvgIpc) is 3.13. The van der Waals surface area contributed by atoms with Gasteiger partial charge in [-0.3, -0.25) is 9.88 Å². The van der Waals surface area contributed by atoms with Crippen molar-refractivity contribution in [3.63, 3.8) is 0 Å². The molecule has 33 heavy (non-hydrogen) atoms. The summed E-state index contributed by atoms with van der Waals surface area (Å²) < 4.78 is 47.5. The van der Waals surface area contributed by atoms with Gasteiger partial charge < -0.3 is 4.74 Å². The van der Waals surface area contributed by atoms with Crippen molar-refractivity contribution in [1.82, 2.24) is 9.55 Å². The zero-order chi connectivity index (χ0) is 23.8. The van der Waals surface area contributed by atoms with Gasteiger partial charge in [-0.05, 0) is 68.3 Å². The molecule has 0 aliphatic rings. The molecule has 0 saturated carbocycles. The van der Waals surface area contributed by atoms with Crippen molar-refractivity contribution in [3.8, 4) is 16.8 Å². The maximum atomic E-state index is 13.7. The molecule has 8 heteroatoms. The third-order valence-corrected chi connectivity index (χ3v) is 4.79. The Bertz CT molecular complexity index is 1290. The van der Waals surface area contributed by atoms with Crippen LogP contribution in [-0.2, 0) is 10.9 Å². The summed E-state index contributed by atoms with van der Waals surface area (Å²) >= 11 is 0. The second-order valence-corrected chi connectivity index (χ2v) is 8.51. The number of hydrogen-bond acceptors (Lipinski definition) is 3. The maximum absolute atomic E-state index is 13.7. The van der Waals surface area contributed by atoms with E-state index in [0.29, 0.717) is 22.5 Å². The highest BCUT2D eigenvalue weighted by Gasteiger charge is 2.38. The molecule has 1 aromatic heterocycles. The molecule has 170 valence electrons. The summed E-state index contributed by atoms with van der Waals surface area (Å²) in [5.74, 6) is -0.974. The molecule has 1 N–H and O–H groups in total. The number of amides is 1. The van der Waals surface area contributed by atoms with E-state index in [4.69, 9.17) is 4.74 Å². The van der Waals surface area contributed by atoms with E-state index in [9.17, 15) is 18.0 Å². The van der Waals surface area contributed by atoms with Crippen molar-refractivity contribution in [2.24, 2.45) is 0 Å². The van der Waals surface area contributed by atoms with Gasteiger partial charge in [-0.15, -0.1) is 0 Å². The summed E-state index contributed by atoms with van der Waals surface area (Å²) in [5.41, 5.74) is 2.39. The highest BCUT2D eigenvalue weighted by atomic mass is 19.4. The number of carbonyl (C=O) groups excluding carboxylic acids is 1. The Morgan fingerprint density at radius 1 is 0.909 bits per heavy atom. The number of carbonyl (C=O) groups is 1. The predicted molar refractivity (Wildman–Crippen MR) is 121 cm³/mol. The Kier molecular flexibility index (Phi) is 5.61. The fraction of sp³-hybridized carbons (Fsp3) is 0.200. The van der Waals surface area contributed by atoms with Crippen LogP contribution in [0.1, 0.15) is 26.6 Å². The molecular formula is C25H22F3N3O2. The summed E-state index contributed by atoms with van der Waals surface area (Å²) in [5, 5.41) is 2.65. The van der Waals surface area contributed by atoms with Gasteiger partial charge in [0.15, 0.2) is 0 Å². The van der Waals surface area contributed by atoms with Gasteiger partial charge in [0, 0.05) is 11.4 Å². The number of alkyl halides is 3. The zero-order valence-electron chi connectivity index (χ0n) is 18.3. The molecule has 0 radical (unpaired) electrons. The normalized spacial score (nSPS) is 12.1. The van der Waals surface area contributed by atoms with Gasteiger partial charge in [-0.1, -0.05) is 36.4 Å². The zero-order valence-corrected chi connectivity index (χ0v) is 18.3. The van der Waals surface area contributed by atoms with Crippen LogP contribution in [0.15, 0.2) is 72.8 Å². The van der Waals surface area contributed by atoms with E-state index in [0.717, 1.165) is 10.1 Å². The summed E-state index contributed by atoms with van der Waals surface area (Å²) in [6.07, 6.45) is -5.17. The van der Waals surface area contributed by atoms with Crippen LogP contribution in [0.4, 0.5) is 23.7 Å². The van der Waals surface area contributed by atoms with Crippen LogP contribution in [0.5, 0.6) is 0 Å². The molecular weight excluding hydrogens is 431 g/mol. The SMILES string of the molecule is CC(C)(C)OC(=O)Nc1ccc(-c2ccc3c(c2)nc(C(F)(F)F)n3-c2ccccc2)cc1. The van der Waals surface area contributed by atoms with Gasteiger partial charge in [-0.25, -0.2) is 9.78 Å². The van der Waals surface area contributed by atoms with Gasteiger partial charge >= 0.3 is 12.3 Å². The number of benzene rings is 3. The summed E-state index contributed by atoms with van der Waals surface area (Å²) in [4.78, 5) is 15.8. The number of para-hydroxylation sites is 1. The van der Waals surface area contributed by atoms with Gasteiger partial charge in [0.2, 0.25) is 5.82 Å². The fourth-order valence-corrected chi connectivity index (χ4v) is 3.46. The molecule has 0 aliphatic heterocycles. The molecule has 0 aliphatic carbocycles. The number of ether oxygens (including phenoxy) is 1. The predicted octanol–water partition coefficient (Wildman–Crippen LogP) is 7.06. The number of halogens is 3. The Hall–Kier alpha value is -3.81. The lowest BCUT2D eigenvalue weighted by Crippen LogP contribution is -2.27. The number of fused-ring (bicyclic) bond motifs is 1. The number of nitrogens with one attached hydrogen (secondary N) is 1. The van der Waals surface area contributed by atoms with Crippen molar-refractivity contribution in [2.75, 3.05) is 5.32 Å². The highest BCUT2D eigenvalue weighted by molar-refractivity contribution is 5.87. The molecule has 0 fully saturated rings. The Morgan fingerprint density at radius 3 is 2.15 bits per heavy atom. The smallest absolute Gasteiger partial charge is 0.444 e. The third kappa shape index (κ3) is 5.00. The minimum atomic E-state index is -4.61. The van der Waals surface area contributed by atoms with E-state index in [2.05, 4.69) is 10.3 Å². The standard InChI is InChI=1S/C25H22F3N3O2/c1-24(2,3)33-23(32)29-18-12-9-16(10-13-18)17-11-14-21-20(15-17)30-22(25(26,27)28)31(21)19-7-5-4-6-8-19/h4-15H,1-3H3,(H,29,32). The molecule has 1 heterocycles. The first-order valence-corrected chi connectivity index (χ1v) is 10.3. The first-order valence-electron chi connectivity index (χ1n) is 10.3. The Morgan fingerprint density at radius 2 is 1.55 bits per heavy atom. The summed E-state index contributed by atoms with van der Waals surface area (Å²) in [7, 11) is 0. The van der Waals surface area contributed by atoms with Crippen molar-refractivity contribution < 1.29 is 22.7 Å². The van der Waals surface area contributed by atoms with Crippen LogP contribution < -0.4 is 5.32 Å². The molecule has 4 rings (SSSR count). The molecule has 0 bridgehead atoms. The lowest BCUT2D eigenvalue weighted by Gasteiger charge is -2.19. The van der Waals surface area contributed by atoms with E-state index in [1.165, 1.54) is 0 Å². The number of anilines is 1. The first-order chi connectivity index (χ1) is 15.5. The van der Waals surface area contributed by atoms with Crippen molar-refractivity contribution in [3.05, 3.63) is 78.6 Å². The molecule has 1 amide bonds. The largest absolute Gasteiger partial charge is 0.450 e. The van der Waals surface area contributed by atoms with Crippen molar-refractivity contribution in [2.45, 2.75) is 32.5 Å². The topological polar surface area (TPSA) is 56.1 Å². The minimum Gasteiger partial charge on any atom is -0.444 e. The quantitative estimate of drug-likeness (QED) is 0.361. The lowest BCUT2D eigenvalue weighted by molar-refractivity contribution is -0.145. The second kappa shape index (κ2) is 8.27. The third-order valence-electron chi connectivity index (χ3n) is 4.79. The molecule has 0 atom stereocenters. The number of hydrogen-bond donors (Lipinski definition) is 1. The van der Waals surface area contributed by atoms with Gasteiger partial charge in [-0.2, -0.15) is 13.2 Å². The van der Waals surface area contributed by atoms with Crippen LogP contribution in [0.2, 0.25) is 0 Å². The van der Waals surface area contributed by atoms with Gasteiger partial charge in [0.25, 0.3) is 0 Å². The van der Waals surface area contributed by atoms with Crippen molar-refractivity contribution in [1.29, 1.82) is 0 Å². The van der Waals surface area contributed by atoms with Crippen LogP contribution in [0, 0.1) is 0 Å². The number of nitrogens with zero attached hydrogens (tertiary/aromatic N) is 2. The summed E-state index contributed by atoms with van der Waals surface area (Å²) in [6.45, 7) is 5.32. The van der Waals surface area contributed by atoms with Crippen LogP contribution in [-0.4, -0.2) is 21.2 Å². The lowest BCUT2D eigenvalue weighted by atomic mass is 10.0. The highest BCUT2D eigenvalue weighted by Crippen LogP contribution is 2.35. The van der Waals surface area contributed by atoms with Crippen LogP contribution in [0.3, 0.4) is 0 Å². The second-order valence-electron chi connectivity index (χ2n) is 8.51. The first kappa shape index (κ1) is 22.4. The molecule has 5 nitrogen and oxygen atoms in total. The van der Waals surface area contributed by atoms with Gasteiger partial charge in [0.05, 0.1) is 11.0 Å². The van der Waals surface area contributed by atoms with E-state index in [1.807, 2.05) is 0 Å². The molecule has 0 spiro atoms. The number of rotatable bonds is 3. The Labute approximate surface area is 188 Å². The molecule has 4 aromatic rings. The number of aromatic nitrogens is 2. The van der Waals surface area contributed by atoms with E-state index < -0.39 is 23.7 Å². The average molecular weight is 453 g/mol. The molecule has 0 unspecified atom stereocenters. The van der Waals surface area contributed by atoms with Crippen LogP contribution >= 0.6 is 0 Å². The minimum absolute atomic E-state index is 0.236. The number of imidazole rings is 1. The van der Waals surface area contributed by atoms with Crippen molar-refractivity contribution >= 4 is 22.8 Å². The molecule has 0 saturated heterocycles. The van der Waals surface area contributed by atoms with Gasteiger partial charge in [0.1, 0.15) is 5.60 Å². The van der Waals surface area contributed by atoms with E-state index in [-0.39, 0.29) is 5.52 Å².